The van der Waals surface area contributed by atoms with Gasteiger partial charge in [0.25, 0.3) is 5.91 Å². The fourth-order valence-electron chi connectivity index (χ4n) is 2.00. The van der Waals surface area contributed by atoms with Gasteiger partial charge in [0, 0.05) is 11.5 Å². The number of hydrazone groups is 1. The number of carbonyl (C=O) groups is 1. The molecule has 1 aliphatic heterocycles. The van der Waals surface area contributed by atoms with Crippen molar-refractivity contribution in [2.45, 2.75) is 47.6 Å². The van der Waals surface area contributed by atoms with Gasteiger partial charge in [-0.1, -0.05) is 25.9 Å². The third kappa shape index (κ3) is 2.71. The zero-order chi connectivity index (χ0) is 14.1. The van der Waals surface area contributed by atoms with Crippen molar-refractivity contribution >= 4 is 17.3 Å². The Morgan fingerprint density at radius 3 is 2.39 bits per heavy atom. The topological polar surface area (TPSA) is 54.3 Å². The van der Waals surface area contributed by atoms with Crippen molar-refractivity contribution in [3.63, 3.8) is 0 Å². The molecule has 1 unspecified atom stereocenters. The van der Waals surface area contributed by atoms with Crippen molar-refractivity contribution in [3.8, 4) is 0 Å². The summed E-state index contributed by atoms with van der Waals surface area (Å²) in [5.74, 6) is -0.416. The molecule has 1 aliphatic rings. The molecule has 1 amide bonds. The monoisotopic (exact) mass is 253 g/mol. The first-order valence-electron chi connectivity index (χ1n) is 6.19. The first-order valence-corrected chi connectivity index (χ1v) is 6.19. The lowest BCUT2D eigenvalue weighted by Crippen LogP contribution is -2.38. The fourth-order valence-corrected chi connectivity index (χ4v) is 2.00. The average Bonchev–Trinajstić information content (AvgIpc) is 2.55. The molecule has 0 N–H and O–H groups in total. The molecule has 1 atom stereocenters. The van der Waals surface area contributed by atoms with Crippen molar-refractivity contribution in [2.75, 3.05) is 7.11 Å². The summed E-state index contributed by atoms with van der Waals surface area (Å²) in [7, 11) is 1.48. The summed E-state index contributed by atoms with van der Waals surface area (Å²) in [6.07, 6.45) is 0. The third-order valence-corrected chi connectivity index (χ3v) is 2.87. The van der Waals surface area contributed by atoms with Crippen molar-refractivity contribution in [1.82, 2.24) is 5.01 Å². The van der Waals surface area contributed by atoms with Gasteiger partial charge in [-0.25, -0.2) is 5.01 Å². The Kier molecular flexibility index (Phi) is 4.14. The summed E-state index contributed by atoms with van der Waals surface area (Å²) >= 11 is 0. The second-order valence-corrected chi connectivity index (χ2v) is 5.86. The van der Waals surface area contributed by atoms with Crippen molar-refractivity contribution in [2.24, 2.45) is 21.6 Å². The molecule has 0 aromatic heterocycles. The second-order valence-electron chi connectivity index (χ2n) is 5.86. The summed E-state index contributed by atoms with van der Waals surface area (Å²) in [6.45, 7) is 11.9. The van der Waals surface area contributed by atoms with Gasteiger partial charge in [0.1, 0.15) is 13.0 Å². The molecule has 1 rings (SSSR count). The van der Waals surface area contributed by atoms with Gasteiger partial charge in [-0.15, -0.1) is 0 Å². The summed E-state index contributed by atoms with van der Waals surface area (Å²) in [5, 5.41) is 9.93. The largest absolute Gasteiger partial charge is 0.399 e. The average molecular weight is 253 g/mol. The van der Waals surface area contributed by atoms with Crippen LogP contribution in [0.1, 0.15) is 41.5 Å². The third-order valence-electron chi connectivity index (χ3n) is 2.87. The van der Waals surface area contributed by atoms with Gasteiger partial charge in [0.15, 0.2) is 0 Å². The molecule has 102 valence electrons. The van der Waals surface area contributed by atoms with Crippen LogP contribution in [0.15, 0.2) is 10.3 Å². The normalized spacial score (nSPS) is 21.7. The van der Waals surface area contributed by atoms with Crippen LogP contribution in [0.3, 0.4) is 0 Å². The number of amides is 1. The van der Waals surface area contributed by atoms with E-state index in [1.807, 2.05) is 13.8 Å². The zero-order valence-electron chi connectivity index (χ0n) is 12.3. The van der Waals surface area contributed by atoms with E-state index in [2.05, 4.69) is 31.0 Å². The minimum absolute atomic E-state index is 0.0202. The minimum Gasteiger partial charge on any atom is -0.399 e. The van der Waals surface area contributed by atoms with Crippen molar-refractivity contribution in [3.05, 3.63) is 0 Å². The Morgan fingerprint density at radius 2 is 2.00 bits per heavy atom. The Hall–Kier alpha value is -1.39. The van der Waals surface area contributed by atoms with Crippen LogP contribution in [0, 0.1) is 11.3 Å². The highest BCUT2D eigenvalue weighted by Crippen LogP contribution is 2.30. The van der Waals surface area contributed by atoms with Gasteiger partial charge < -0.3 is 4.84 Å². The molecule has 5 heteroatoms. The van der Waals surface area contributed by atoms with Gasteiger partial charge in [0.2, 0.25) is 0 Å². The quantitative estimate of drug-likeness (QED) is 0.572. The van der Waals surface area contributed by atoms with E-state index >= 15 is 0 Å². The lowest BCUT2D eigenvalue weighted by molar-refractivity contribution is -0.131. The highest BCUT2D eigenvalue weighted by molar-refractivity contribution is 6.24. The molecule has 0 saturated heterocycles. The standard InChI is InChI=1S/C13H23N3O2/c1-8(2)16-12(17)10(9(3)15-18-7)11(14-16)13(4,5)6/h8,10H,1-7H3. The lowest BCUT2D eigenvalue weighted by atomic mass is 9.80. The number of hydrogen-bond donors (Lipinski definition) is 0. The Balaban J connectivity index is 3.20. The van der Waals surface area contributed by atoms with Gasteiger partial charge >= 0.3 is 0 Å². The second kappa shape index (κ2) is 5.08. The number of rotatable bonds is 3. The molecule has 0 bridgehead atoms. The number of oxime groups is 1. The van der Waals surface area contributed by atoms with Crippen LogP contribution in [0.25, 0.3) is 0 Å². The molecule has 1 heterocycles. The van der Waals surface area contributed by atoms with Gasteiger partial charge in [0.05, 0.1) is 11.4 Å². The van der Waals surface area contributed by atoms with Crippen molar-refractivity contribution < 1.29 is 9.63 Å². The van der Waals surface area contributed by atoms with Crippen LogP contribution in [0.4, 0.5) is 0 Å². The zero-order valence-corrected chi connectivity index (χ0v) is 12.3. The van der Waals surface area contributed by atoms with Gasteiger partial charge in [-0.2, -0.15) is 5.10 Å². The minimum atomic E-state index is -0.396. The van der Waals surface area contributed by atoms with Crippen molar-refractivity contribution in [1.29, 1.82) is 0 Å². The lowest BCUT2D eigenvalue weighted by Gasteiger charge is -2.22. The molecule has 0 saturated carbocycles. The molecule has 0 fully saturated rings. The van der Waals surface area contributed by atoms with E-state index < -0.39 is 5.92 Å². The molecule has 18 heavy (non-hydrogen) atoms. The summed E-state index contributed by atoms with van der Waals surface area (Å²) in [4.78, 5) is 17.2. The molecule has 0 spiro atoms. The Morgan fingerprint density at radius 1 is 1.44 bits per heavy atom. The fraction of sp³-hybridized carbons (Fsp3) is 0.769. The molecular formula is C13H23N3O2. The Labute approximate surface area is 109 Å². The van der Waals surface area contributed by atoms with Gasteiger partial charge in [-0.05, 0) is 20.8 Å². The maximum atomic E-state index is 12.4. The summed E-state index contributed by atoms with van der Waals surface area (Å²) in [5.41, 5.74) is 1.33. The highest BCUT2D eigenvalue weighted by atomic mass is 16.6. The van der Waals surface area contributed by atoms with E-state index in [9.17, 15) is 4.79 Å². The van der Waals surface area contributed by atoms with Gasteiger partial charge in [-0.3, -0.25) is 4.79 Å². The number of carbonyl (C=O) groups excluding carboxylic acids is 1. The van der Waals surface area contributed by atoms with Crippen LogP contribution in [0.5, 0.6) is 0 Å². The Bertz CT molecular complexity index is 392. The first kappa shape index (κ1) is 14.7. The number of hydrogen-bond acceptors (Lipinski definition) is 4. The molecular weight excluding hydrogens is 230 g/mol. The molecule has 0 aromatic rings. The molecule has 0 radical (unpaired) electrons. The van der Waals surface area contributed by atoms with E-state index in [4.69, 9.17) is 4.84 Å². The van der Waals surface area contributed by atoms with E-state index in [0.29, 0.717) is 5.71 Å². The SMILES string of the molecule is CON=C(C)C1C(=O)N(C(C)C)N=C1C(C)(C)C. The predicted molar refractivity (Wildman–Crippen MR) is 72.5 cm³/mol. The van der Waals surface area contributed by atoms with Crippen LogP contribution in [0.2, 0.25) is 0 Å². The highest BCUT2D eigenvalue weighted by Gasteiger charge is 2.43. The van der Waals surface area contributed by atoms with E-state index in [0.717, 1.165) is 5.71 Å². The summed E-state index contributed by atoms with van der Waals surface area (Å²) < 4.78 is 0. The van der Waals surface area contributed by atoms with E-state index in [1.54, 1.807) is 11.9 Å². The maximum absolute atomic E-state index is 12.4. The summed E-state index contributed by atoms with van der Waals surface area (Å²) in [6, 6.07) is 0.0511. The smallest absolute Gasteiger partial charge is 0.257 e. The van der Waals surface area contributed by atoms with Crippen LogP contribution in [-0.2, 0) is 9.63 Å². The predicted octanol–water partition coefficient (Wildman–Crippen LogP) is 2.28. The van der Waals surface area contributed by atoms with E-state index in [-0.39, 0.29) is 17.4 Å². The van der Waals surface area contributed by atoms with E-state index in [1.165, 1.54) is 7.11 Å². The molecule has 0 aromatic carbocycles. The maximum Gasteiger partial charge on any atom is 0.257 e. The van der Waals surface area contributed by atoms with Crippen LogP contribution >= 0.6 is 0 Å². The first-order chi connectivity index (χ1) is 8.20. The van der Waals surface area contributed by atoms with Crippen LogP contribution in [-0.4, -0.2) is 35.5 Å². The van der Waals surface area contributed by atoms with Crippen LogP contribution < -0.4 is 0 Å². The number of nitrogens with zero attached hydrogens (tertiary/aromatic N) is 3. The molecule has 5 nitrogen and oxygen atoms in total. The molecule has 0 aliphatic carbocycles.